The molecule has 1 aromatic heterocycles. The number of fused-ring (bicyclic) bond motifs is 1. The third-order valence-electron chi connectivity index (χ3n) is 4.34. The van der Waals surface area contributed by atoms with Gasteiger partial charge in [-0.1, -0.05) is 31.0 Å². The summed E-state index contributed by atoms with van der Waals surface area (Å²) in [5.41, 5.74) is 1.36. The highest BCUT2D eigenvalue weighted by atomic mass is 15.0. The Kier molecular flexibility index (Phi) is 4.19. The number of nitrogens with one attached hydrogen (secondary N) is 1. The van der Waals surface area contributed by atoms with Crippen molar-refractivity contribution in [3.63, 3.8) is 0 Å². The van der Waals surface area contributed by atoms with Gasteiger partial charge in [0.05, 0.1) is 0 Å². The van der Waals surface area contributed by atoms with Crippen molar-refractivity contribution in [3.05, 3.63) is 36.5 Å². The van der Waals surface area contributed by atoms with E-state index in [0.29, 0.717) is 0 Å². The summed E-state index contributed by atoms with van der Waals surface area (Å²) in [6.45, 7) is 3.49. The van der Waals surface area contributed by atoms with Crippen LogP contribution in [0.5, 0.6) is 0 Å². The molecule has 0 spiro atoms. The van der Waals surface area contributed by atoms with Crippen LogP contribution in [0, 0.1) is 5.92 Å². The van der Waals surface area contributed by atoms with Crippen molar-refractivity contribution in [2.24, 2.45) is 5.92 Å². The Morgan fingerprint density at radius 2 is 1.95 bits per heavy atom. The second-order valence-corrected chi connectivity index (χ2v) is 5.78. The highest BCUT2D eigenvalue weighted by Crippen LogP contribution is 2.23. The molecule has 2 nitrogen and oxygen atoms in total. The third kappa shape index (κ3) is 3.19. The molecule has 2 heteroatoms. The first-order valence-electron chi connectivity index (χ1n) is 7.68. The van der Waals surface area contributed by atoms with E-state index in [-0.39, 0.29) is 0 Å². The molecule has 0 unspecified atom stereocenters. The van der Waals surface area contributed by atoms with Gasteiger partial charge in [-0.3, -0.25) is 0 Å². The summed E-state index contributed by atoms with van der Waals surface area (Å²) in [6, 6.07) is 10.8. The fourth-order valence-corrected chi connectivity index (χ4v) is 3.23. The average molecular weight is 256 g/mol. The minimum atomic E-state index is 0.951. The van der Waals surface area contributed by atoms with E-state index in [1.165, 1.54) is 49.6 Å². The van der Waals surface area contributed by atoms with E-state index in [1.54, 1.807) is 0 Å². The maximum atomic E-state index is 3.62. The molecule has 0 aliphatic heterocycles. The smallest absolute Gasteiger partial charge is 0.0480 e. The predicted molar refractivity (Wildman–Crippen MR) is 81.4 cm³/mol. The van der Waals surface area contributed by atoms with Crippen LogP contribution in [0.1, 0.15) is 32.1 Å². The molecule has 1 aromatic carbocycles. The number of aryl methyl sites for hydroxylation is 1. The van der Waals surface area contributed by atoms with Crippen LogP contribution in [0.4, 0.5) is 0 Å². The zero-order chi connectivity index (χ0) is 12.9. The van der Waals surface area contributed by atoms with Gasteiger partial charge in [0.25, 0.3) is 0 Å². The van der Waals surface area contributed by atoms with E-state index < -0.39 is 0 Å². The van der Waals surface area contributed by atoms with Gasteiger partial charge in [-0.05, 0) is 55.8 Å². The quantitative estimate of drug-likeness (QED) is 0.778. The van der Waals surface area contributed by atoms with Crippen molar-refractivity contribution >= 4 is 10.9 Å². The van der Waals surface area contributed by atoms with E-state index in [2.05, 4.69) is 46.4 Å². The van der Waals surface area contributed by atoms with Crippen LogP contribution in [0.25, 0.3) is 10.9 Å². The summed E-state index contributed by atoms with van der Waals surface area (Å²) in [6.07, 6.45) is 9.20. The van der Waals surface area contributed by atoms with Crippen molar-refractivity contribution in [1.82, 2.24) is 9.88 Å². The normalized spacial score (nSPS) is 16.4. The van der Waals surface area contributed by atoms with Crippen LogP contribution >= 0.6 is 0 Å². The van der Waals surface area contributed by atoms with Gasteiger partial charge in [0.1, 0.15) is 0 Å². The summed E-state index contributed by atoms with van der Waals surface area (Å²) < 4.78 is 2.37. The van der Waals surface area contributed by atoms with Crippen LogP contribution < -0.4 is 5.32 Å². The minimum absolute atomic E-state index is 0.951. The minimum Gasteiger partial charge on any atom is -0.347 e. The molecule has 3 rings (SSSR count). The number of aromatic nitrogens is 1. The van der Waals surface area contributed by atoms with Crippen molar-refractivity contribution in [2.75, 3.05) is 13.1 Å². The third-order valence-corrected chi connectivity index (χ3v) is 4.34. The fraction of sp³-hybridized carbons (Fsp3) is 0.529. The molecule has 2 aromatic rings. The van der Waals surface area contributed by atoms with Crippen molar-refractivity contribution < 1.29 is 0 Å². The molecule has 0 bridgehead atoms. The Morgan fingerprint density at radius 3 is 2.84 bits per heavy atom. The predicted octanol–water partition coefficient (Wildman–Crippen LogP) is 3.81. The number of rotatable bonds is 6. The van der Waals surface area contributed by atoms with Gasteiger partial charge in [-0.15, -0.1) is 0 Å². The summed E-state index contributed by atoms with van der Waals surface area (Å²) in [4.78, 5) is 0. The zero-order valence-corrected chi connectivity index (χ0v) is 11.6. The molecule has 1 heterocycles. The lowest BCUT2D eigenvalue weighted by Crippen LogP contribution is -2.23. The lowest BCUT2D eigenvalue weighted by atomic mass is 10.1. The van der Waals surface area contributed by atoms with E-state index in [9.17, 15) is 0 Å². The second-order valence-electron chi connectivity index (χ2n) is 5.78. The molecule has 0 atom stereocenters. The van der Waals surface area contributed by atoms with E-state index in [0.717, 1.165) is 19.0 Å². The molecular weight excluding hydrogens is 232 g/mol. The van der Waals surface area contributed by atoms with Gasteiger partial charge in [0.2, 0.25) is 0 Å². The van der Waals surface area contributed by atoms with Crippen molar-refractivity contribution in [2.45, 2.75) is 38.6 Å². The van der Waals surface area contributed by atoms with Gasteiger partial charge in [0, 0.05) is 18.3 Å². The highest BCUT2D eigenvalue weighted by Gasteiger charge is 2.13. The lowest BCUT2D eigenvalue weighted by Gasteiger charge is -2.11. The number of para-hydroxylation sites is 1. The Bertz CT molecular complexity index is 509. The molecule has 1 fully saturated rings. The fourth-order valence-electron chi connectivity index (χ4n) is 3.23. The molecule has 1 aliphatic carbocycles. The van der Waals surface area contributed by atoms with Gasteiger partial charge in [-0.2, -0.15) is 0 Å². The largest absolute Gasteiger partial charge is 0.347 e. The Balaban J connectivity index is 1.42. The number of nitrogens with zero attached hydrogens (tertiary/aromatic N) is 1. The van der Waals surface area contributed by atoms with E-state index in [4.69, 9.17) is 0 Å². The highest BCUT2D eigenvalue weighted by molar-refractivity contribution is 5.79. The molecule has 1 aliphatic rings. The molecule has 19 heavy (non-hydrogen) atoms. The molecular formula is C17H24N2. The van der Waals surface area contributed by atoms with Crippen LogP contribution in [-0.2, 0) is 6.54 Å². The molecule has 1 N–H and O–H groups in total. The molecule has 0 amide bonds. The summed E-state index contributed by atoms with van der Waals surface area (Å²) in [7, 11) is 0. The molecule has 1 saturated carbocycles. The van der Waals surface area contributed by atoms with Gasteiger partial charge in [-0.25, -0.2) is 0 Å². The SMILES string of the molecule is c1ccc2c(c1)ccn2CCCNCC1CCCC1. The van der Waals surface area contributed by atoms with Crippen LogP contribution in [0.2, 0.25) is 0 Å². The van der Waals surface area contributed by atoms with Crippen LogP contribution in [-0.4, -0.2) is 17.7 Å². The number of hydrogen-bond acceptors (Lipinski definition) is 1. The van der Waals surface area contributed by atoms with Crippen molar-refractivity contribution in [1.29, 1.82) is 0 Å². The second kappa shape index (κ2) is 6.25. The lowest BCUT2D eigenvalue weighted by molar-refractivity contribution is 0.477. The standard InChI is InChI=1S/C17H24N2/c1-2-7-15(6-1)14-18-11-5-12-19-13-10-16-8-3-4-9-17(16)19/h3-4,8-10,13,15,18H,1-2,5-7,11-12,14H2. The summed E-state index contributed by atoms with van der Waals surface area (Å²) in [5, 5.41) is 4.97. The Labute approximate surface area is 115 Å². The average Bonchev–Trinajstić information content (AvgIpc) is 3.08. The van der Waals surface area contributed by atoms with Crippen molar-refractivity contribution in [3.8, 4) is 0 Å². The van der Waals surface area contributed by atoms with Gasteiger partial charge < -0.3 is 9.88 Å². The maximum Gasteiger partial charge on any atom is 0.0480 e. The number of benzene rings is 1. The maximum absolute atomic E-state index is 3.62. The van der Waals surface area contributed by atoms with Crippen LogP contribution in [0.3, 0.4) is 0 Å². The van der Waals surface area contributed by atoms with Gasteiger partial charge >= 0.3 is 0 Å². The van der Waals surface area contributed by atoms with E-state index >= 15 is 0 Å². The topological polar surface area (TPSA) is 17.0 Å². The summed E-state index contributed by atoms with van der Waals surface area (Å²) >= 11 is 0. The zero-order valence-electron chi connectivity index (χ0n) is 11.6. The molecule has 0 radical (unpaired) electrons. The first-order valence-corrected chi connectivity index (χ1v) is 7.68. The van der Waals surface area contributed by atoms with Gasteiger partial charge in [0.15, 0.2) is 0 Å². The van der Waals surface area contributed by atoms with E-state index in [1.807, 2.05) is 0 Å². The summed E-state index contributed by atoms with van der Waals surface area (Å²) in [5.74, 6) is 0.951. The molecule has 0 saturated heterocycles. The monoisotopic (exact) mass is 256 g/mol. The molecule has 102 valence electrons. The Hall–Kier alpha value is -1.28. The first-order chi connectivity index (χ1) is 9.43. The Morgan fingerprint density at radius 1 is 1.11 bits per heavy atom. The first kappa shape index (κ1) is 12.7. The van der Waals surface area contributed by atoms with Crippen LogP contribution in [0.15, 0.2) is 36.5 Å². The number of hydrogen-bond donors (Lipinski definition) is 1.